The number of hydrogen-bond acceptors (Lipinski definition) is 0. The van der Waals surface area contributed by atoms with E-state index in [-0.39, 0.29) is 0 Å². The van der Waals surface area contributed by atoms with Crippen molar-refractivity contribution >= 4 is 0 Å². The van der Waals surface area contributed by atoms with Crippen LogP contribution in [-0.4, -0.2) is 0 Å². The first-order valence-electron chi connectivity index (χ1n) is 7.04. The van der Waals surface area contributed by atoms with Crippen LogP contribution in [0.15, 0.2) is 23.8 Å². The topological polar surface area (TPSA) is 0 Å². The molecule has 1 fully saturated rings. The van der Waals surface area contributed by atoms with E-state index < -0.39 is 0 Å². The zero-order chi connectivity index (χ0) is 12.4. The third-order valence-corrected chi connectivity index (χ3v) is 3.41. The van der Waals surface area contributed by atoms with Gasteiger partial charge < -0.3 is 0 Å². The first-order valence-corrected chi connectivity index (χ1v) is 7.04. The summed E-state index contributed by atoms with van der Waals surface area (Å²) in [5, 5.41) is 0. The molecule has 0 unspecified atom stereocenters. The maximum absolute atomic E-state index is 2.39. The number of allylic oxidation sites excluding steroid dienone is 4. The molecule has 0 radical (unpaired) electrons. The van der Waals surface area contributed by atoms with Crippen LogP contribution in [0, 0.1) is 11.8 Å². The molecule has 1 saturated carbocycles. The van der Waals surface area contributed by atoms with Gasteiger partial charge in [-0.05, 0) is 44.9 Å². The summed E-state index contributed by atoms with van der Waals surface area (Å²) in [6, 6.07) is 0. The Labute approximate surface area is 103 Å². The van der Waals surface area contributed by atoms with Crippen LogP contribution in [0.25, 0.3) is 0 Å². The van der Waals surface area contributed by atoms with E-state index in [0.29, 0.717) is 0 Å². The lowest BCUT2D eigenvalue weighted by Crippen LogP contribution is -2.12. The van der Waals surface area contributed by atoms with Crippen molar-refractivity contribution in [2.75, 3.05) is 0 Å². The molecule has 1 aliphatic carbocycles. The first kappa shape index (κ1) is 15.5. The summed E-state index contributed by atoms with van der Waals surface area (Å²) >= 11 is 0. The van der Waals surface area contributed by atoms with Crippen LogP contribution >= 0.6 is 0 Å². The Balaban J connectivity index is 0.00000106. The van der Waals surface area contributed by atoms with Gasteiger partial charge in [0.15, 0.2) is 0 Å². The molecule has 16 heavy (non-hydrogen) atoms. The molecular formula is C16H30. The maximum Gasteiger partial charge on any atom is -0.0254 e. The predicted molar refractivity (Wildman–Crippen MR) is 75.7 cm³/mol. The lowest BCUT2D eigenvalue weighted by Gasteiger charge is -2.26. The average molecular weight is 222 g/mol. The quantitative estimate of drug-likeness (QED) is 0.533. The van der Waals surface area contributed by atoms with E-state index in [1.54, 1.807) is 0 Å². The van der Waals surface area contributed by atoms with Gasteiger partial charge in [-0.3, -0.25) is 0 Å². The second kappa shape index (κ2) is 9.69. The molecule has 1 aliphatic rings. The van der Waals surface area contributed by atoms with Gasteiger partial charge >= 0.3 is 0 Å². The molecule has 0 aliphatic heterocycles. The zero-order valence-corrected chi connectivity index (χ0v) is 11.9. The van der Waals surface area contributed by atoms with Gasteiger partial charge in [0.2, 0.25) is 0 Å². The van der Waals surface area contributed by atoms with Crippen LogP contribution in [0.3, 0.4) is 0 Å². The summed E-state index contributed by atoms with van der Waals surface area (Å²) in [7, 11) is 0. The predicted octanol–water partition coefficient (Wildman–Crippen LogP) is 5.75. The lowest BCUT2D eigenvalue weighted by molar-refractivity contribution is 0.289. The highest BCUT2D eigenvalue weighted by Crippen LogP contribution is 2.32. The Morgan fingerprint density at radius 2 is 1.62 bits per heavy atom. The normalized spacial score (nSPS) is 26.4. The van der Waals surface area contributed by atoms with Crippen molar-refractivity contribution in [3.63, 3.8) is 0 Å². The maximum atomic E-state index is 2.39. The van der Waals surface area contributed by atoms with Crippen LogP contribution in [0.4, 0.5) is 0 Å². The molecule has 0 aromatic rings. The van der Waals surface area contributed by atoms with E-state index in [0.717, 1.165) is 11.8 Å². The standard InChI is InChI=1S/C14H24.C2H6/c1-4-6-13(5-2)11-14-9-7-12(3)8-10-14;1-2/h4-6,12,14H,7-11H2,1-3H3;1-2H3/b6-4-,13-5+;. The zero-order valence-electron chi connectivity index (χ0n) is 11.9. The summed E-state index contributed by atoms with van der Waals surface area (Å²) < 4.78 is 0. The molecule has 0 bridgehead atoms. The van der Waals surface area contributed by atoms with E-state index in [9.17, 15) is 0 Å². The van der Waals surface area contributed by atoms with Crippen LogP contribution in [-0.2, 0) is 0 Å². The largest absolute Gasteiger partial charge is 0.0874 e. The van der Waals surface area contributed by atoms with E-state index in [1.807, 2.05) is 13.8 Å². The Kier molecular flexibility index (Phi) is 9.37. The summed E-state index contributed by atoms with van der Waals surface area (Å²) in [6.07, 6.45) is 13.7. The Bertz CT molecular complexity index is 202. The Morgan fingerprint density at radius 3 is 2.06 bits per heavy atom. The minimum atomic E-state index is 0.952. The molecule has 0 amide bonds. The van der Waals surface area contributed by atoms with E-state index in [4.69, 9.17) is 0 Å². The highest BCUT2D eigenvalue weighted by molar-refractivity contribution is 5.17. The fourth-order valence-electron chi connectivity index (χ4n) is 2.36. The second-order valence-electron chi connectivity index (χ2n) is 4.69. The van der Waals surface area contributed by atoms with Gasteiger partial charge in [0.05, 0.1) is 0 Å². The number of rotatable bonds is 3. The average Bonchev–Trinajstić information content (AvgIpc) is 2.34. The third kappa shape index (κ3) is 6.15. The third-order valence-electron chi connectivity index (χ3n) is 3.41. The van der Waals surface area contributed by atoms with Gasteiger partial charge in [0, 0.05) is 0 Å². The summed E-state index contributed by atoms with van der Waals surface area (Å²) in [4.78, 5) is 0. The number of hydrogen-bond donors (Lipinski definition) is 0. The van der Waals surface area contributed by atoms with E-state index in [1.165, 1.54) is 37.7 Å². The van der Waals surface area contributed by atoms with E-state index >= 15 is 0 Å². The fraction of sp³-hybridized carbons (Fsp3) is 0.750. The molecule has 0 heterocycles. The van der Waals surface area contributed by atoms with Crippen LogP contribution in [0.5, 0.6) is 0 Å². The van der Waals surface area contributed by atoms with Crippen molar-refractivity contribution in [3.8, 4) is 0 Å². The molecule has 94 valence electrons. The van der Waals surface area contributed by atoms with Crippen molar-refractivity contribution in [1.29, 1.82) is 0 Å². The molecule has 0 saturated heterocycles. The molecule has 0 aromatic heterocycles. The SMILES string of the molecule is C/C=C\C(=C/C)CC1CCC(C)CC1.CC. The summed E-state index contributed by atoms with van der Waals surface area (Å²) in [5.74, 6) is 1.93. The Morgan fingerprint density at radius 1 is 1.06 bits per heavy atom. The van der Waals surface area contributed by atoms with Crippen molar-refractivity contribution in [2.24, 2.45) is 11.8 Å². The molecule has 0 atom stereocenters. The van der Waals surface area contributed by atoms with Gasteiger partial charge in [-0.1, -0.05) is 57.4 Å². The van der Waals surface area contributed by atoms with Crippen molar-refractivity contribution in [3.05, 3.63) is 23.8 Å². The fourth-order valence-corrected chi connectivity index (χ4v) is 2.36. The van der Waals surface area contributed by atoms with Crippen LogP contribution < -0.4 is 0 Å². The van der Waals surface area contributed by atoms with Gasteiger partial charge in [0.1, 0.15) is 0 Å². The highest BCUT2D eigenvalue weighted by atomic mass is 14.2. The monoisotopic (exact) mass is 222 g/mol. The van der Waals surface area contributed by atoms with Gasteiger partial charge in [-0.2, -0.15) is 0 Å². The minimum Gasteiger partial charge on any atom is -0.0874 e. The molecule has 0 aromatic carbocycles. The summed E-state index contributed by atoms with van der Waals surface area (Å²) in [5.41, 5.74) is 1.52. The Hall–Kier alpha value is -0.520. The smallest absolute Gasteiger partial charge is 0.0254 e. The first-order chi connectivity index (χ1) is 7.76. The molecule has 0 N–H and O–H groups in total. The van der Waals surface area contributed by atoms with Crippen molar-refractivity contribution in [1.82, 2.24) is 0 Å². The van der Waals surface area contributed by atoms with Crippen molar-refractivity contribution < 1.29 is 0 Å². The van der Waals surface area contributed by atoms with Crippen LogP contribution in [0.1, 0.15) is 66.7 Å². The van der Waals surface area contributed by atoms with Gasteiger partial charge in [0.25, 0.3) is 0 Å². The molecule has 0 heteroatoms. The lowest BCUT2D eigenvalue weighted by atomic mass is 9.80. The molecular weight excluding hydrogens is 192 g/mol. The molecule has 0 nitrogen and oxygen atoms in total. The minimum absolute atomic E-state index is 0.952. The van der Waals surface area contributed by atoms with Crippen molar-refractivity contribution in [2.45, 2.75) is 66.7 Å². The molecule has 1 rings (SSSR count). The van der Waals surface area contributed by atoms with E-state index in [2.05, 4.69) is 39.0 Å². The summed E-state index contributed by atoms with van der Waals surface area (Å²) in [6.45, 7) is 10.6. The van der Waals surface area contributed by atoms with Gasteiger partial charge in [-0.15, -0.1) is 0 Å². The van der Waals surface area contributed by atoms with Crippen LogP contribution in [0.2, 0.25) is 0 Å². The molecule has 0 spiro atoms. The second-order valence-corrected chi connectivity index (χ2v) is 4.69. The highest BCUT2D eigenvalue weighted by Gasteiger charge is 2.18. The van der Waals surface area contributed by atoms with Gasteiger partial charge in [-0.25, -0.2) is 0 Å².